The van der Waals surface area contributed by atoms with Crippen LogP contribution >= 0.6 is 0 Å². The number of nitrogens with zero attached hydrogens (tertiary/aromatic N) is 2. The van der Waals surface area contributed by atoms with E-state index in [1.807, 2.05) is 0 Å². The van der Waals surface area contributed by atoms with Gasteiger partial charge in [-0.05, 0) is 12.1 Å². The van der Waals surface area contributed by atoms with Gasteiger partial charge in [0.25, 0.3) is 5.91 Å². The standard InChI is InChI=1S/C14H16F2N2O2/c1-2-13(19)17-5-7-18(8-6-17)14(20)11-4-3-10(15)9-12(11)16/h3-4,9H,2,5-8H2,1H3. The van der Waals surface area contributed by atoms with Gasteiger partial charge in [-0.1, -0.05) is 6.92 Å². The Hall–Kier alpha value is -1.98. The van der Waals surface area contributed by atoms with E-state index in [4.69, 9.17) is 0 Å². The molecule has 1 aromatic carbocycles. The monoisotopic (exact) mass is 282 g/mol. The number of benzene rings is 1. The predicted octanol–water partition coefficient (Wildman–Crippen LogP) is 1.66. The van der Waals surface area contributed by atoms with Crippen molar-refractivity contribution in [1.82, 2.24) is 9.80 Å². The van der Waals surface area contributed by atoms with Crippen LogP contribution in [-0.4, -0.2) is 47.8 Å². The van der Waals surface area contributed by atoms with E-state index in [0.717, 1.165) is 12.1 Å². The van der Waals surface area contributed by atoms with Crippen molar-refractivity contribution >= 4 is 11.8 Å². The third-order valence-electron chi connectivity index (χ3n) is 3.38. The third-order valence-corrected chi connectivity index (χ3v) is 3.38. The zero-order chi connectivity index (χ0) is 14.7. The molecule has 0 unspecified atom stereocenters. The fraction of sp³-hybridized carbons (Fsp3) is 0.429. The first kappa shape index (κ1) is 14.4. The van der Waals surface area contributed by atoms with Gasteiger partial charge in [-0.15, -0.1) is 0 Å². The Balaban J connectivity index is 2.03. The molecule has 1 aliphatic heterocycles. The first-order valence-electron chi connectivity index (χ1n) is 6.55. The van der Waals surface area contributed by atoms with Gasteiger partial charge in [-0.2, -0.15) is 0 Å². The number of carbonyl (C=O) groups is 2. The maximum Gasteiger partial charge on any atom is 0.256 e. The molecular formula is C14H16F2N2O2. The first-order chi connectivity index (χ1) is 9.52. The molecule has 0 aliphatic carbocycles. The minimum Gasteiger partial charge on any atom is -0.339 e. The van der Waals surface area contributed by atoms with Crippen molar-refractivity contribution < 1.29 is 18.4 Å². The summed E-state index contributed by atoms with van der Waals surface area (Å²) in [6, 6.07) is 2.91. The number of amides is 2. The average molecular weight is 282 g/mol. The number of piperazine rings is 1. The maximum atomic E-state index is 13.6. The lowest BCUT2D eigenvalue weighted by molar-refractivity contribution is -0.132. The van der Waals surface area contributed by atoms with Crippen molar-refractivity contribution in [3.8, 4) is 0 Å². The van der Waals surface area contributed by atoms with Gasteiger partial charge in [0.15, 0.2) is 0 Å². The lowest BCUT2D eigenvalue weighted by atomic mass is 10.1. The third kappa shape index (κ3) is 2.95. The molecule has 6 heteroatoms. The Morgan fingerprint density at radius 1 is 1.10 bits per heavy atom. The Morgan fingerprint density at radius 3 is 2.25 bits per heavy atom. The topological polar surface area (TPSA) is 40.6 Å². The molecule has 108 valence electrons. The van der Waals surface area contributed by atoms with Gasteiger partial charge in [-0.25, -0.2) is 8.78 Å². The van der Waals surface area contributed by atoms with Gasteiger partial charge < -0.3 is 9.80 Å². The van der Waals surface area contributed by atoms with Crippen molar-refractivity contribution in [1.29, 1.82) is 0 Å². The molecule has 20 heavy (non-hydrogen) atoms. The second-order valence-corrected chi connectivity index (χ2v) is 4.65. The summed E-state index contributed by atoms with van der Waals surface area (Å²) in [7, 11) is 0. The average Bonchev–Trinajstić information content (AvgIpc) is 2.46. The molecule has 1 aliphatic rings. The summed E-state index contributed by atoms with van der Waals surface area (Å²) in [6.07, 6.45) is 0.431. The molecule has 1 fully saturated rings. The van der Waals surface area contributed by atoms with E-state index in [1.54, 1.807) is 11.8 Å². The highest BCUT2D eigenvalue weighted by Gasteiger charge is 2.25. The summed E-state index contributed by atoms with van der Waals surface area (Å²) in [5, 5.41) is 0. The maximum absolute atomic E-state index is 13.6. The Bertz CT molecular complexity index is 526. The Kier molecular flexibility index (Phi) is 4.32. The van der Waals surface area contributed by atoms with Crippen molar-refractivity contribution in [2.24, 2.45) is 0 Å². The molecule has 0 atom stereocenters. The fourth-order valence-corrected chi connectivity index (χ4v) is 2.22. The first-order valence-corrected chi connectivity index (χ1v) is 6.55. The van der Waals surface area contributed by atoms with E-state index in [-0.39, 0.29) is 11.5 Å². The molecule has 4 nitrogen and oxygen atoms in total. The van der Waals surface area contributed by atoms with Crippen LogP contribution in [0.25, 0.3) is 0 Å². The highest BCUT2D eigenvalue weighted by atomic mass is 19.1. The molecule has 1 aromatic rings. The largest absolute Gasteiger partial charge is 0.339 e. The van der Waals surface area contributed by atoms with E-state index in [2.05, 4.69) is 0 Å². The van der Waals surface area contributed by atoms with Crippen LogP contribution in [0.1, 0.15) is 23.7 Å². The molecule has 1 heterocycles. The molecule has 0 N–H and O–H groups in total. The quantitative estimate of drug-likeness (QED) is 0.827. The van der Waals surface area contributed by atoms with Crippen LogP contribution in [0.2, 0.25) is 0 Å². The minimum absolute atomic E-state index is 0.0464. The number of hydrogen-bond acceptors (Lipinski definition) is 2. The fourth-order valence-electron chi connectivity index (χ4n) is 2.22. The van der Waals surface area contributed by atoms with Crippen LogP contribution in [0.15, 0.2) is 18.2 Å². The summed E-state index contributed by atoms with van der Waals surface area (Å²) in [5.41, 5.74) is -0.137. The van der Waals surface area contributed by atoms with Crippen LogP contribution in [0.5, 0.6) is 0 Å². The van der Waals surface area contributed by atoms with E-state index in [0.29, 0.717) is 38.7 Å². The molecule has 1 saturated heterocycles. The highest BCUT2D eigenvalue weighted by molar-refractivity contribution is 5.94. The van der Waals surface area contributed by atoms with Crippen LogP contribution in [0.3, 0.4) is 0 Å². The summed E-state index contributed by atoms with van der Waals surface area (Å²) in [6.45, 7) is 3.40. The summed E-state index contributed by atoms with van der Waals surface area (Å²) >= 11 is 0. The van der Waals surface area contributed by atoms with E-state index in [9.17, 15) is 18.4 Å². The zero-order valence-electron chi connectivity index (χ0n) is 11.2. The van der Waals surface area contributed by atoms with Crippen LogP contribution < -0.4 is 0 Å². The van der Waals surface area contributed by atoms with E-state index in [1.165, 1.54) is 4.90 Å². The molecule has 0 saturated carbocycles. The minimum atomic E-state index is -0.859. The molecule has 0 radical (unpaired) electrons. The van der Waals surface area contributed by atoms with Crippen molar-refractivity contribution in [2.75, 3.05) is 26.2 Å². The van der Waals surface area contributed by atoms with E-state index < -0.39 is 17.5 Å². The lowest BCUT2D eigenvalue weighted by Gasteiger charge is -2.34. The van der Waals surface area contributed by atoms with Crippen LogP contribution in [0.4, 0.5) is 8.78 Å². The van der Waals surface area contributed by atoms with Crippen molar-refractivity contribution in [3.05, 3.63) is 35.4 Å². The second kappa shape index (κ2) is 5.98. The Labute approximate surface area is 116 Å². The molecule has 0 bridgehead atoms. The lowest BCUT2D eigenvalue weighted by Crippen LogP contribution is -2.50. The van der Waals surface area contributed by atoms with E-state index >= 15 is 0 Å². The molecule has 2 amide bonds. The predicted molar refractivity (Wildman–Crippen MR) is 69.1 cm³/mol. The van der Waals surface area contributed by atoms with Gasteiger partial charge in [0.2, 0.25) is 5.91 Å². The number of rotatable bonds is 2. The van der Waals surface area contributed by atoms with Gasteiger partial charge in [0.05, 0.1) is 5.56 Å². The normalized spacial score (nSPS) is 15.3. The molecular weight excluding hydrogens is 266 g/mol. The van der Waals surface area contributed by atoms with Crippen molar-refractivity contribution in [2.45, 2.75) is 13.3 Å². The molecule has 2 rings (SSSR count). The second-order valence-electron chi connectivity index (χ2n) is 4.65. The number of hydrogen-bond donors (Lipinski definition) is 0. The van der Waals surface area contributed by atoms with Crippen LogP contribution in [-0.2, 0) is 4.79 Å². The smallest absolute Gasteiger partial charge is 0.256 e. The summed E-state index contributed by atoms with van der Waals surface area (Å²) in [5.74, 6) is -1.99. The van der Waals surface area contributed by atoms with Gasteiger partial charge in [-0.3, -0.25) is 9.59 Å². The SMILES string of the molecule is CCC(=O)N1CCN(C(=O)c2ccc(F)cc2F)CC1. The summed E-state index contributed by atoms with van der Waals surface area (Å²) < 4.78 is 26.4. The molecule has 0 aromatic heterocycles. The van der Waals surface area contributed by atoms with Gasteiger partial charge >= 0.3 is 0 Å². The molecule has 0 spiro atoms. The van der Waals surface area contributed by atoms with Gasteiger partial charge in [0.1, 0.15) is 11.6 Å². The Morgan fingerprint density at radius 2 is 1.70 bits per heavy atom. The van der Waals surface area contributed by atoms with Crippen LogP contribution in [0, 0.1) is 11.6 Å². The number of carbonyl (C=O) groups excluding carboxylic acids is 2. The zero-order valence-corrected chi connectivity index (χ0v) is 11.2. The summed E-state index contributed by atoms with van der Waals surface area (Å²) in [4.78, 5) is 26.8. The number of halogens is 2. The van der Waals surface area contributed by atoms with Gasteiger partial charge in [0, 0.05) is 38.7 Å². The highest BCUT2D eigenvalue weighted by Crippen LogP contribution is 2.14. The van der Waals surface area contributed by atoms with Crippen molar-refractivity contribution in [3.63, 3.8) is 0 Å².